The normalized spacial score (nSPS) is 19.7. The van der Waals surface area contributed by atoms with E-state index in [1.165, 1.54) is 12.8 Å². The first kappa shape index (κ1) is 17.7. The molecule has 0 aromatic carbocycles. The number of nitrogens with one attached hydrogen (secondary N) is 1. The minimum absolute atomic E-state index is 0.0374. The molecule has 1 saturated carbocycles. The van der Waals surface area contributed by atoms with Crippen LogP contribution in [-0.4, -0.2) is 71.4 Å². The van der Waals surface area contributed by atoms with Gasteiger partial charge in [-0.05, 0) is 32.1 Å². The van der Waals surface area contributed by atoms with Crippen LogP contribution in [0.2, 0.25) is 0 Å². The maximum absolute atomic E-state index is 12.6. The van der Waals surface area contributed by atoms with E-state index in [0.29, 0.717) is 38.0 Å². The van der Waals surface area contributed by atoms with Crippen LogP contribution in [0.5, 0.6) is 0 Å². The molecule has 1 aromatic rings. The van der Waals surface area contributed by atoms with Crippen LogP contribution in [0.3, 0.4) is 0 Å². The van der Waals surface area contributed by atoms with Crippen molar-refractivity contribution in [3.8, 4) is 0 Å². The zero-order valence-corrected chi connectivity index (χ0v) is 15.0. The van der Waals surface area contributed by atoms with Gasteiger partial charge < -0.3 is 14.5 Å². The van der Waals surface area contributed by atoms with Gasteiger partial charge in [-0.3, -0.25) is 10.1 Å². The number of carbonyl (C=O) groups is 2. The Labute approximate surface area is 148 Å². The van der Waals surface area contributed by atoms with Crippen LogP contribution in [-0.2, 0) is 9.53 Å². The number of rotatable bonds is 6. The van der Waals surface area contributed by atoms with Crippen LogP contribution in [0.15, 0.2) is 12.3 Å². The van der Waals surface area contributed by atoms with Crippen LogP contribution < -0.4 is 5.32 Å². The number of nitrogens with zero attached hydrogens (tertiary/aromatic N) is 4. The number of carbonyl (C=O) groups excluding carboxylic acids is 2. The molecule has 1 aliphatic carbocycles. The summed E-state index contributed by atoms with van der Waals surface area (Å²) in [7, 11) is 1.62. The maximum atomic E-state index is 12.6. The van der Waals surface area contributed by atoms with Crippen molar-refractivity contribution in [2.45, 2.75) is 32.2 Å². The zero-order valence-electron chi connectivity index (χ0n) is 15.0. The summed E-state index contributed by atoms with van der Waals surface area (Å²) in [5.41, 5.74) is 0. The summed E-state index contributed by atoms with van der Waals surface area (Å²) >= 11 is 0. The Kier molecular flexibility index (Phi) is 5.57. The fourth-order valence-corrected chi connectivity index (χ4v) is 3.24. The quantitative estimate of drug-likeness (QED) is 0.845. The van der Waals surface area contributed by atoms with E-state index in [0.717, 1.165) is 6.42 Å². The first-order valence-electron chi connectivity index (χ1n) is 8.96. The van der Waals surface area contributed by atoms with Gasteiger partial charge in [-0.15, -0.1) is 0 Å². The third kappa shape index (κ3) is 4.31. The lowest BCUT2D eigenvalue weighted by atomic mass is 10.2. The number of ether oxygens (including phenoxy) is 1. The Balaban J connectivity index is 1.60. The summed E-state index contributed by atoms with van der Waals surface area (Å²) in [4.78, 5) is 28.3. The molecule has 2 aliphatic rings. The average molecular weight is 349 g/mol. The third-order valence-corrected chi connectivity index (χ3v) is 4.98. The third-order valence-electron chi connectivity index (χ3n) is 4.98. The summed E-state index contributed by atoms with van der Waals surface area (Å²) < 4.78 is 6.92. The Morgan fingerprint density at radius 2 is 2.24 bits per heavy atom. The highest BCUT2D eigenvalue weighted by Crippen LogP contribution is 2.40. The lowest BCUT2D eigenvalue weighted by Crippen LogP contribution is -2.42. The van der Waals surface area contributed by atoms with E-state index in [9.17, 15) is 9.59 Å². The van der Waals surface area contributed by atoms with Crippen LogP contribution in [0.1, 0.15) is 32.2 Å². The Hall–Kier alpha value is -2.09. The monoisotopic (exact) mass is 349 g/mol. The molecule has 2 heterocycles. The molecule has 1 aromatic heterocycles. The number of urea groups is 1. The minimum Gasteiger partial charge on any atom is -0.383 e. The van der Waals surface area contributed by atoms with Gasteiger partial charge in [-0.2, -0.15) is 5.10 Å². The molecule has 1 aliphatic heterocycles. The smallest absolute Gasteiger partial charge is 0.323 e. The van der Waals surface area contributed by atoms with Gasteiger partial charge in [-0.25, -0.2) is 9.48 Å². The van der Waals surface area contributed by atoms with E-state index < -0.39 is 0 Å². The van der Waals surface area contributed by atoms with Crippen LogP contribution >= 0.6 is 0 Å². The van der Waals surface area contributed by atoms with E-state index in [1.807, 2.05) is 4.68 Å². The lowest BCUT2D eigenvalue weighted by molar-refractivity contribution is -0.131. The fourth-order valence-electron chi connectivity index (χ4n) is 3.24. The molecular formula is C17H27N5O3. The molecule has 3 rings (SSSR count). The fraction of sp³-hybridized carbons (Fsp3) is 0.706. The SMILES string of the molecule is COCCN1CCCN(C(=O)Nc2ccnn2[C@H](C)C2CC2)CC1=O. The number of methoxy groups -OCH3 is 1. The second-order valence-corrected chi connectivity index (χ2v) is 6.82. The van der Waals surface area contributed by atoms with E-state index >= 15 is 0 Å². The van der Waals surface area contributed by atoms with Crippen molar-refractivity contribution in [2.24, 2.45) is 5.92 Å². The first-order chi connectivity index (χ1) is 12.1. The van der Waals surface area contributed by atoms with Gasteiger partial charge in [0.05, 0.1) is 18.8 Å². The molecule has 1 N–H and O–H groups in total. The summed E-state index contributed by atoms with van der Waals surface area (Å²) in [5, 5.41) is 7.27. The summed E-state index contributed by atoms with van der Waals surface area (Å²) in [6.45, 7) is 4.52. The second kappa shape index (κ2) is 7.86. The molecule has 0 unspecified atom stereocenters. The van der Waals surface area contributed by atoms with E-state index in [4.69, 9.17) is 4.74 Å². The molecular weight excluding hydrogens is 322 g/mol. The predicted octanol–water partition coefficient (Wildman–Crippen LogP) is 1.57. The summed E-state index contributed by atoms with van der Waals surface area (Å²) in [6, 6.07) is 1.84. The van der Waals surface area contributed by atoms with Gasteiger partial charge in [-0.1, -0.05) is 0 Å². The molecule has 25 heavy (non-hydrogen) atoms. The topological polar surface area (TPSA) is 79.7 Å². The van der Waals surface area contributed by atoms with E-state index in [2.05, 4.69) is 17.3 Å². The van der Waals surface area contributed by atoms with Crippen molar-refractivity contribution >= 4 is 17.8 Å². The Morgan fingerprint density at radius 3 is 2.96 bits per heavy atom. The van der Waals surface area contributed by atoms with Gasteiger partial charge >= 0.3 is 6.03 Å². The summed E-state index contributed by atoms with van der Waals surface area (Å²) in [6.07, 6.45) is 4.90. The van der Waals surface area contributed by atoms with Crippen LogP contribution in [0.4, 0.5) is 10.6 Å². The van der Waals surface area contributed by atoms with E-state index in [-0.39, 0.29) is 24.5 Å². The maximum Gasteiger partial charge on any atom is 0.323 e. The largest absolute Gasteiger partial charge is 0.383 e. The van der Waals surface area contributed by atoms with Crippen LogP contribution in [0, 0.1) is 5.92 Å². The first-order valence-corrected chi connectivity index (χ1v) is 8.96. The summed E-state index contributed by atoms with van der Waals surface area (Å²) in [5.74, 6) is 1.30. The molecule has 1 atom stereocenters. The zero-order chi connectivity index (χ0) is 17.8. The number of hydrogen-bond acceptors (Lipinski definition) is 4. The van der Waals surface area contributed by atoms with E-state index in [1.54, 1.807) is 29.2 Å². The van der Waals surface area contributed by atoms with Gasteiger partial charge in [0, 0.05) is 32.8 Å². The Morgan fingerprint density at radius 1 is 1.44 bits per heavy atom. The predicted molar refractivity (Wildman–Crippen MR) is 93.3 cm³/mol. The Bertz CT molecular complexity index is 613. The molecule has 3 amide bonds. The van der Waals surface area contributed by atoms with Crippen LogP contribution in [0.25, 0.3) is 0 Å². The number of hydrogen-bond donors (Lipinski definition) is 1. The molecule has 138 valence electrons. The van der Waals surface area contributed by atoms with Gasteiger partial charge in [0.1, 0.15) is 12.4 Å². The van der Waals surface area contributed by atoms with Crippen molar-refractivity contribution in [1.29, 1.82) is 0 Å². The molecule has 0 bridgehead atoms. The second-order valence-electron chi connectivity index (χ2n) is 6.82. The highest BCUT2D eigenvalue weighted by Gasteiger charge is 2.31. The van der Waals surface area contributed by atoms with Crippen molar-refractivity contribution in [1.82, 2.24) is 19.6 Å². The molecule has 1 saturated heterocycles. The average Bonchev–Trinajstić information content (AvgIpc) is 3.37. The lowest BCUT2D eigenvalue weighted by Gasteiger charge is -2.22. The molecule has 8 nitrogen and oxygen atoms in total. The van der Waals surface area contributed by atoms with Crippen molar-refractivity contribution < 1.29 is 14.3 Å². The van der Waals surface area contributed by atoms with Gasteiger partial charge in [0.15, 0.2) is 0 Å². The number of aromatic nitrogens is 2. The van der Waals surface area contributed by atoms with Crippen molar-refractivity contribution in [2.75, 3.05) is 45.2 Å². The molecule has 8 heteroatoms. The van der Waals surface area contributed by atoms with Gasteiger partial charge in [0.2, 0.25) is 5.91 Å². The minimum atomic E-state index is -0.244. The van der Waals surface area contributed by atoms with Crippen molar-refractivity contribution in [3.05, 3.63) is 12.3 Å². The number of anilines is 1. The standard InChI is InChI=1S/C17H27N5O3/c1-13(14-4-5-14)22-15(6-7-18-22)19-17(24)21-9-3-8-20(10-11-25-2)16(23)12-21/h6-7,13-14H,3-5,8-12H2,1-2H3,(H,19,24)/t13-/m1/s1. The highest BCUT2D eigenvalue weighted by molar-refractivity contribution is 5.92. The molecule has 0 radical (unpaired) electrons. The number of amides is 3. The van der Waals surface area contributed by atoms with Gasteiger partial charge in [0.25, 0.3) is 0 Å². The molecule has 0 spiro atoms. The molecule has 2 fully saturated rings. The van der Waals surface area contributed by atoms with Crippen molar-refractivity contribution in [3.63, 3.8) is 0 Å². The highest BCUT2D eigenvalue weighted by atomic mass is 16.5.